The smallest absolute Gasteiger partial charge is 0.180 e. The lowest BCUT2D eigenvalue weighted by molar-refractivity contribution is -0.605. The summed E-state index contributed by atoms with van der Waals surface area (Å²) in [6.45, 7) is 0. The van der Waals surface area contributed by atoms with Gasteiger partial charge in [0.25, 0.3) is 0 Å². The summed E-state index contributed by atoms with van der Waals surface area (Å²) in [7, 11) is 0. The van der Waals surface area contributed by atoms with Crippen molar-refractivity contribution in [1.29, 1.82) is 0 Å². The van der Waals surface area contributed by atoms with Gasteiger partial charge in [0.1, 0.15) is 0 Å². The van der Waals surface area contributed by atoms with Gasteiger partial charge in [0.15, 0.2) is 18.7 Å². The average molecular weight is 199 g/mol. The van der Waals surface area contributed by atoms with Gasteiger partial charge in [0, 0.05) is 17.7 Å². The first kappa shape index (κ1) is 9.40. The topological polar surface area (TPSA) is 44.0 Å². The Kier molecular flexibility index (Phi) is 2.46. The van der Waals surface area contributed by atoms with E-state index in [0.29, 0.717) is 10.3 Å². The molecule has 2 aromatic rings. The van der Waals surface area contributed by atoms with E-state index in [1.54, 1.807) is 18.2 Å². The molecule has 3 heteroatoms. The van der Waals surface area contributed by atoms with E-state index in [4.69, 9.17) is 0 Å². The van der Waals surface area contributed by atoms with E-state index in [0.717, 1.165) is 17.4 Å². The number of benzene rings is 1. The SMILES string of the molecule is O=Cc1ccccc1-c1cc[n+]([O-])cc1. The van der Waals surface area contributed by atoms with Gasteiger partial charge in [-0.3, -0.25) is 4.79 Å². The van der Waals surface area contributed by atoms with Gasteiger partial charge in [0.05, 0.1) is 0 Å². The third-order valence-corrected chi connectivity index (χ3v) is 2.20. The molecule has 0 unspecified atom stereocenters. The van der Waals surface area contributed by atoms with Crippen LogP contribution >= 0.6 is 0 Å². The Bertz CT molecular complexity index is 477. The second-order valence-electron chi connectivity index (χ2n) is 3.15. The van der Waals surface area contributed by atoms with Crippen molar-refractivity contribution in [1.82, 2.24) is 0 Å². The molecule has 0 radical (unpaired) electrons. The number of nitrogens with zero attached hydrogens (tertiary/aromatic N) is 1. The van der Waals surface area contributed by atoms with Crippen LogP contribution in [0.15, 0.2) is 48.8 Å². The fourth-order valence-electron chi connectivity index (χ4n) is 1.45. The molecule has 0 saturated carbocycles. The lowest BCUT2D eigenvalue weighted by Crippen LogP contribution is -2.23. The summed E-state index contributed by atoms with van der Waals surface area (Å²) in [6, 6.07) is 10.7. The molecule has 1 heterocycles. The van der Waals surface area contributed by atoms with E-state index in [-0.39, 0.29) is 0 Å². The van der Waals surface area contributed by atoms with Gasteiger partial charge in [-0.1, -0.05) is 24.3 Å². The lowest BCUT2D eigenvalue weighted by atomic mass is 10.0. The van der Waals surface area contributed by atoms with Crippen LogP contribution in [-0.2, 0) is 0 Å². The quantitative estimate of drug-likeness (QED) is 0.420. The van der Waals surface area contributed by atoms with E-state index in [1.807, 2.05) is 18.2 Å². The van der Waals surface area contributed by atoms with Crippen LogP contribution in [0.1, 0.15) is 10.4 Å². The number of carbonyl (C=O) groups is 1. The molecule has 0 amide bonds. The summed E-state index contributed by atoms with van der Waals surface area (Å²) in [5, 5.41) is 10.9. The van der Waals surface area contributed by atoms with Crippen LogP contribution in [0.2, 0.25) is 0 Å². The van der Waals surface area contributed by atoms with Gasteiger partial charge < -0.3 is 5.21 Å². The van der Waals surface area contributed by atoms with E-state index >= 15 is 0 Å². The molecular weight excluding hydrogens is 190 g/mol. The summed E-state index contributed by atoms with van der Waals surface area (Å²) in [4.78, 5) is 10.8. The maximum Gasteiger partial charge on any atom is 0.180 e. The molecule has 0 aliphatic carbocycles. The molecule has 0 atom stereocenters. The second kappa shape index (κ2) is 3.92. The minimum absolute atomic E-state index is 0.626. The standard InChI is InChI=1S/C12H9NO2/c14-9-11-3-1-2-4-12(11)10-5-7-13(15)8-6-10/h1-9H. The molecule has 0 aliphatic rings. The molecule has 0 spiro atoms. The van der Waals surface area contributed by atoms with Crippen molar-refractivity contribution < 1.29 is 9.52 Å². The fourth-order valence-corrected chi connectivity index (χ4v) is 1.45. The molecule has 2 rings (SSSR count). The van der Waals surface area contributed by atoms with E-state index in [1.165, 1.54) is 12.4 Å². The Labute approximate surface area is 87.2 Å². The van der Waals surface area contributed by atoms with E-state index in [9.17, 15) is 10.0 Å². The molecule has 0 fully saturated rings. The Morgan fingerprint density at radius 3 is 2.40 bits per heavy atom. The van der Waals surface area contributed by atoms with Crippen molar-refractivity contribution in [2.24, 2.45) is 0 Å². The first-order valence-corrected chi connectivity index (χ1v) is 4.54. The average Bonchev–Trinajstić information content (AvgIpc) is 2.30. The van der Waals surface area contributed by atoms with Crippen LogP contribution in [0, 0.1) is 5.21 Å². The number of rotatable bonds is 2. The Morgan fingerprint density at radius 2 is 1.73 bits per heavy atom. The Balaban J connectivity index is 2.53. The summed E-state index contributed by atoms with van der Waals surface area (Å²) < 4.78 is 0.715. The predicted octanol–water partition coefficient (Wildman–Crippen LogP) is 1.80. The van der Waals surface area contributed by atoms with Crippen LogP contribution in [0.3, 0.4) is 0 Å². The molecule has 0 N–H and O–H groups in total. The van der Waals surface area contributed by atoms with Crippen molar-refractivity contribution in [2.45, 2.75) is 0 Å². The zero-order valence-electron chi connectivity index (χ0n) is 7.96. The van der Waals surface area contributed by atoms with E-state index < -0.39 is 0 Å². The highest BCUT2D eigenvalue weighted by molar-refractivity contribution is 5.87. The number of pyridine rings is 1. The predicted molar refractivity (Wildman–Crippen MR) is 56.2 cm³/mol. The molecule has 15 heavy (non-hydrogen) atoms. The number of carbonyl (C=O) groups excluding carboxylic acids is 1. The molecule has 1 aromatic carbocycles. The monoisotopic (exact) mass is 199 g/mol. The first-order chi connectivity index (χ1) is 7.31. The van der Waals surface area contributed by atoms with Gasteiger partial charge in [-0.2, -0.15) is 4.73 Å². The van der Waals surface area contributed by atoms with Gasteiger partial charge in [-0.15, -0.1) is 0 Å². The number of aldehydes is 1. The van der Waals surface area contributed by atoms with Crippen LogP contribution in [0.25, 0.3) is 11.1 Å². The van der Waals surface area contributed by atoms with Gasteiger partial charge >= 0.3 is 0 Å². The summed E-state index contributed by atoms with van der Waals surface area (Å²) in [5.41, 5.74) is 2.33. The minimum Gasteiger partial charge on any atom is -0.619 e. The van der Waals surface area contributed by atoms with Crippen molar-refractivity contribution in [3.05, 3.63) is 59.6 Å². The normalized spacial score (nSPS) is 9.87. The number of hydrogen-bond acceptors (Lipinski definition) is 2. The summed E-state index contributed by atoms with van der Waals surface area (Å²) in [6.07, 6.45) is 3.64. The van der Waals surface area contributed by atoms with Gasteiger partial charge in [-0.25, -0.2) is 0 Å². The first-order valence-electron chi connectivity index (χ1n) is 4.54. The van der Waals surface area contributed by atoms with Gasteiger partial charge in [0.2, 0.25) is 0 Å². The van der Waals surface area contributed by atoms with Crippen molar-refractivity contribution in [3.8, 4) is 11.1 Å². The molecule has 0 bridgehead atoms. The maximum atomic E-state index is 10.9. The molecule has 0 saturated heterocycles. The number of hydrogen-bond donors (Lipinski definition) is 0. The third kappa shape index (κ3) is 1.86. The van der Waals surface area contributed by atoms with Crippen molar-refractivity contribution in [3.63, 3.8) is 0 Å². The highest BCUT2D eigenvalue weighted by Gasteiger charge is 2.03. The zero-order chi connectivity index (χ0) is 10.7. The molecule has 74 valence electrons. The summed E-state index contributed by atoms with van der Waals surface area (Å²) >= 11 is 0. The third-order valence-electron chi connectivity index (χ3n) is 2.20. The molecule has 0 aliphatic heterocycles. The Hall–Kier alpha value is -2.16. The van der Waals surface area contributed by atoms with E-state index in [2.05, 4.69) is 0 Å². The highest BCUT2D eigenvalue weighted by Crippen LogP contribution is 2.20. The van der Waals surface area contributed by atoms with Gasteiger partial charge in [-0.05, 0) is 11.1 Å². The summed E-state index contributed by atoms with van der Waals surface area (Å²) in [5.74, 6) is 0. The lowest BCUT2D eigenvalue weighted by Gasteiger charge is -2.03. The maximum absolute atomic E-state index is 10.9. The van der Waals surface area contributed by atoms with Crippen LogP contribution in [0.5, 0.6) is 0 Å². The van der Waals surface area contributed by atoms with Crippen LogP contribution < -0.4 is 4.73 Å². The zero-order valence-corrected chi connectivity index (χ0v) is 7.96. The molecule has 3 nitrogen and oxygen atoms in total. The highest BCUT2D eigenvalue weighted by atomic mass is 16.5. The van der Waals surface area contributed by atoms with Crippen molar-refractivity contribution in [2.75, 3.05) is 0 Å². The molecule has 1 aromatic heterocycles. The second-order valence-corrected chi connectivity index (χ2v) is 3.15. The molecular formula is C12H9NO2. The number of aromatic nitrogens is 1. The largest absolute Gasteiger partial charge is 0.619 e. The van der Waals surface area contributed by atoms with Crippen LogP contribution in [0.4, 0.5) is 0 Å². The Morgan fingerprint density at radius 1 is 1.07 bits per heavy atom. The van der Waals surface area contributed by atoms with Crippen LogP contribution in [-0.4, -0.2) is 6.29 Å². The van der Waals surface area contributed by atoms with Crippen molar-refractivity contribution >= 4 is 6.29 Å². The minimum atomic E-state index is 0.626. The fraction of sp³-hybridized carbons (Fsp3) is 0.